The molecule has 2 rings (SSSR count). The van der Waals surface area contributed by atoms with E-state index in [4.69, 9.17) is 22.1 Å². The van der Waals surface area contributed by atoms with Gasteiger partial charge in [0.1, 0.15) is 17.2 Å². The SMILES string of the molecule is Cc1cccc(Nc2nccc(C#N)c2Cl)c1C#N. The highest BCUT2D eigenvalue weighted by molar-refractivity contribution is 6.34. The van der Waals surface area contributed by atoms with Crippen molar-refractivity contribution in [3.05, 3.63) is 52.2 Å². The molecule has 1 aromatic carbocycles. The van der Waals surface area contributed by atoms with Crippen LogP contribution < -0.4 is 5.32 Å². The molecule has 19 heavy (non-hydrogen) atoms. The normalized spacial score (nSPS) is 9.47. The molecule has 0 saturated carbocycles. The van der Waals surface area contributed by atoms with Gasteiger partial charge in [-0.1, -0.05) is 23.7 Å². The average Bonchev–Trinajstić information content (AvgIpc) is 2.41. The minimum atomic E-state index is 0.246. The van der Waals surface area contributed by atoms with Crippen LogP contribution in [0.25, 0.3) is 0 Å². The zero-order chi connectivity index (χ0) is 13.8. The van der Waals surface area contributed by atoms with Gasteiger partial charge >= 0.3 is 0 Å². The van der Waals surface area contributed by atoms with E-state index in [2.05, 4.69) is 16.4 Å². The zero-order valence-corrected chi connectivity index (χ0v) is 10.9. The molecule has 2 aromatic rings. The summed E-state index contributed by atoms with van der Waals surface area (Å²) in [6.07, 6.45) is 1.49. The van der Waals surface area contributed by atoms with Gasteiger partial charge in [-0.25, -0.2) is 4.98 Å². The van der Waals surface area contributed by atoms with Gasteiger partial charge in [0.15, 0.2) is 5.82 Å². The van der Waals surface area contributed by atoms with Gasteiger partial charge in [0.25, 0.3) is 0 Å². The molecule has 0 aliphatic heterocycles. The first-order valence-corrected chi connectivity index (χ1v) is 5.86. The van der Waals surface area contributed by atoms with Crippen molar-refractivity contribution in [1.82, 2.24) is 4.98 Å². The summed E-state index contributed by atoms with van der Waals surface area (Å²) in [6.45, 7) is 1.85. The molecule has 0 atom stereocenters. The molecule has 0 aliphatic rings. The van der Waals surface area contributed by atoms with Crippen LogP contribution in [0.1, 0.15) is 16.7 Å². The van der Waals surface area contributed by atoms with Gasteiger partial charge in [-0.05, 0) is 24.6 Å². The summed E-state index contributed by atoms with van der Waals surface area (Å²) in [5, 5.41) is 21.3. The quantitative estimate of drug-likeness (QED) is 0.904. The van der Waals surface area contributed by atoms with Crippen molar-refractivity contribution in [2.24, 2.45) is 0 Å². The van der Waals surface area contributed by atoms with Crippen molar-refractivity contribution >= 4 is 23.1 Å². The molecule has 92 valence electrons. The van der Waals surface area contributed by atoms with E-state index in [1.54, 1.807) is 6.07 Å². The standard InChI is InChI=1S/C14H9ClN4/c1-9-3-2-4-12(11(9)8-17)19-14-13(15)10(7-16)5-6-18-14/h2-6H,1H3,(H,18,19). The van der Waals surface area contributed by atoms with Crippen molar-refractivity contribution < 1.29 is 0 Å². The second-order valence-corrected chi connectivity index (χ2v) is 4.25. The van der Waals surface area contributed by atoms with Gasteiger partial charge in [0.2, 0.25) is 0 Å². The fourth-order valence-corrected chi connectivity index (χ4v) is 1.87. The van der Waals surface area contributed by atoms with Gasteiger partial charge in [0, 0.05) is 6.20 Å². The first kappa shape index (κ1) is 12.9. The summed E-state index contributed by atoms with van der Waals surface area (Å²) in [5.41, 5.74) is 2.35. The summed E-state index contributed by atoms with van der Waals surface area (Å²) < 4.78 is 0. The number of rotatable bonds is 2. The lowest BCUT2D eigenvalue weighted by Gasteiger charge is -2.10. The fourth-order valence-electron chi connectivity index (χ4n) is 1.67. The molecule has 1 heterocycles. The number of halogens is 1. The molecule has 4 nitrogen and oxygen atoms in total. The molecule has 5 heteroatoms. The molecule has 0 amide bonds. The number of hydrogen-bond acceptors (Lipinski definition) is 4. The number of anilines is 2. The van der Waals surface area contributed by atoms with E-state index in [1.165, 1.54) is 12.3 Å². The number of pyridine rings is 1. The monoisotopic (exact) mass is 268 g/mol. The van der Waals surface area contributed by atoms with E-state index in [0.29, 0.717) is 22.6 Å². The Bertz CT molecular complexity index is 710. The third-order valence-corrected chi connectivity index (χ3v) is 3.03. The van der Waals surface area contributed by atoms with Gasteiger partial charge in [-0.2, -0.15) is 10.5 Å². The molecule has 0 bridgehead atoms. The van der Waals surface area contributed by atoms with Crippen LogP contribution in [-0.2, 0) is 0 Å². The third-order valence-electron chi connectivity index (χ3n) is 2.65. The highest BCUT2D eigenvalue weighted by Gasteiger charge is 2.10. The number of aromatic nitrogens is 1. The molecule has 1 N–H and O–H groups in total. The number of benzene rings is 1. The van der Waals surface area contributed by atoms with Crippen LogP contribution in [0.2, 0.25) is 5.02 Å². The molecule has 0 radical (unpaired) electrons. The van der Waals surface area contributed by atoms with Gasteiger partial charge in [0.05, 0.1) is 16.8 Å². The molecule has 0 fully saturated rings. The second kappa shape index (κ2) is 5.39. The van der Waals surface area contributed by atoms with Gasteiger partial charge in [-0.3, -0.25) is 0 Å². The average molecular weight is 269 g/mol. The minimum Gasteiger partial charge on any atom is -0.338 e. The largest absolute Gasteiger partial charge is 0.338 e. The lowest BCUT2D eigenvalue weighted by atomic mass is 10.1. The van der Waals surface area contributed by atoms with Crippen molar-refractivity contribution in [3.8, 4) is 12.1 Å². The topological polar surface area (TPSA) is 72.5 Å². The van der Waals surface area contributed by atoms with E-state index in [0.717, 1.165) is 5.56 Å². The lowest BCUT2D eigenvalue weighted by Crippen LogP contribution is -1.99. The van der Waals surface area contributed by atoms with Gasteiger partial charge < -0.3 is 5.32 Å². The molecule has 0 spiro atoms. The summed E-state index contributed by atoms with van der Waals surface area (Å²) in [4.78, 5) is 4.08. The van der Waals surface area contributed by atoms with Crippen LogP contribution in [0.4, 0.5) is 11.5 Å². The second-order valence-electron chi connectivity index (χ2n) is 3.87. The Kier molecular flexibility index (Phi) is 3.66. The highest BCUT2D eigenvalue weighted by atomic mass is 35.5. The van der Waals surface area contributed by atoms with Crippen LogP contribution in [-0.4, -0.2) is 4.98 Å². The smallest absolute Gasteiger partial charge is 0.150 e. The molecule has 0 unspecified atom stereocenters. The number of nitrogens with one attached hydrogen (secondary N) is 1. The van der Waals surface area contributed by atoms with E-state index >= 15 is 0 Å². The zero-order valence-electron chi connectivity index (χ0n) is 10.1. The maximum Gasteiger partial charge on any atom is 0.150 e. The Morgan fingerprint density at radius 1 is 1.21 bits per heavy atom. The lowest BCUT2D eigenvalue weighted by molar-refractivity contribution is 1.28. The van der Waals surface area contributed by atoms with E-state index in [-0.39, 0.29) is 5.02 Å². The number of aryl methyl sites for hydroxylation is 1. The molecule has 0 saturated heterocycles. The first-order valence-electron chi connectivity index (χ1n) is 5.48. The Morgan fingerprint density at radius 2 is 2.00 bits per heavy atom. The summed E-state index contributed by atoms with van der Waals surface area (Å²) in [5.74, 6) is 0.364. The van der Waals surface area contributed by atoms with E-state index in [9.17, 15) is 0 Å². The molecular weight excluding hydrogens is 260 g/mol. The maximum absolute atomic E-state index is 9.15. The predicted molar refractivity (Wildman–Crippen MR) is 73.1 cm³/mol. The minimum absolute atomic E-state index is 0.246. The number of nitriles is 2. The number of nitrogens with zero attached hydrogens (tertiary/aromatic N) is 3. The van der Waals surface area contributed by atoms with Crippen LogP contribution in [0, 0.1) is 29.6 Å². The maximum atomic E-state index is 9.15. The summed E-state index contributed by atoms with van der Waals surface area (Å²) in [6, 6.07) is 11.1. The fraction of sp³-hybridized carbons (Fsp3) is 0.0714. The Balaban J connectivity index is 2.47. The first-order chi connectivity index (χ1) is 9.17. The van der Waals surface area contributed by atoms with Gasteiger partial charge in [-0.15, -0.1) is 0 Å². The molecule has 0 aliphatic carbocycles. The predicted octanol–water partition coefficient (Wildman–Crippen LogP) is 3.53. The molecular formula is C14H9ClN4. The highest BCUT2D eigenvalue weighted by Crippen LogP contribution is 2.28. The van der Waals surface area contributed by atoms with Crippen molar-refractivity contribution in [2.75, 3.05) is 5.32 Å². The molecule has 1 aromatic heterocycles. The van der Waals surface area contributed by atoms with Crippen molar-refractivity contribution in [3.63, 3.8) is 0 Å². The Hall–Kier alpha value is -2.56. The third kappa shape index (κ3) is 2.49. The Labute approximate surface area is 115 Å². The van der Waals surface area contributed by atoms with E-state index in [1.807, 2.05) is 25.1 Å². The van der Waals surface area contributed by atoms with Crippen LogP contribution in [0.3, 0.4) is 0 Å². The van der Waals surface area contributed by atoms with Crippen molar-refractivity contribution in [1.29, 1.82) is 10.5 Å². The van der Waals surface area contributed by atoms with Crippen LogP contribution in [0.15, 0.2) is 30.5 Å². The van der Waals surface area contributed by atoms with Crippen LogP contribution >= 0.6 is 11.6 Å². The van der Waals surface area contributed by atoms with Crippen LogP contribution in [0.5, 0.6) is 0 Å². The summed E-state index contributed by atoms with van der Waals surface area (Å²) in [7, 11) is 0. The van der Waals surface area contributed by atoms with Crippen molar-refractivity contribution in [2.45, 2.75) is 6.92 Å². The van der Waals surface area contributed by atoms with E-state index < -0.39 is 0 Å². The number of hydrogen-bond donors (Lipinski definition) is 1. The summed E-state index contributed by atoms with van der Waals surface area (Å²) >= 11 is 6.06. The Morgan fingerprint density at radius 3 is 2.68 bits per heavy atom.